The highest BCUT2D eigenvalue weighted by molar-refractivity contribution is 6.29. The second kappa shape index (κ2) is 9.20. The number of primary amides is 1. The monoisotopic (exact) mass is 490 g/mol. The molecule has 0 saturated carbocycles. The summed E-state index contributed by atoms with van der Waals surface area (Å²) in [5.74, 6) is -1.48. The van der Waals surface area contributed by atoms with E-state index in [0.717, 1.165) is 5.56 Å². The van der Waals surface area contributed by atoms with Crippen LogP contribution in [0, 0.1) is 31.0 Å². The molecule has 2 aromatic heterocycles. The van der Waals surface area contributed by atoms with E-state index in [1.54, 1.807) is 25.1 Å². The molecule has 3 N–H and O–H groups in total. The normalized spacial score (nSPS) is 11.8. The second-order valence-corrected chi connectivity index (χ2v) is 8.54. The van der Waals surface area contributed by atoms with Crippen molar-refractivity contribution in [2.45, 2.75) is 26.8 Å². The fraction of sp³-hybridized carbons (Fsp3) is 0.154. The fourth-order valence-corrected chi connectivity index (χ4v) is 4.14. The van der Waals surface area contributed by atoms with Gasteiger partial charge < -0.3 is 15.5 Å². The Bertz CT molecular complexity index is 1610. The molecular weight excluding hydrogens is 471 g/mol. The van der Waals surface area contributed by atoms with Gasteiger partial charge in [-0.25, -0.2) is 9.37 Å². The van der Waals surface area contributed by atoms with E-state index in [2.05, 4.69) is 10.3 Å². The third-order valence-corrected chi connectivity index (χ3v) is 5.90. The first-order valence-electron chi connectivity index (χ1n) is 10.6. The number of fused-ring (bicyclic) bond motifs is 1. The number of hydrogen-bond donors (Lipinski definition) is 2. The number of pyridine rings is 1. The van der Waals surface area contributed by atoms with Crippen LogP contribution in [0.5, 0.6) is 0 Å². The molecule has 0 spiro atoms. The van der Waals surface area contributed by atoms with Crippen molar-refractivity contribution in [3.8, 4) is 17.4 Å². The van der Waals surface area contributed by atoms with Crippen LogP contribution in [0.2, 0.25) is 5.15 Å². The highest BCUT2D eigenvalue weighted by Gasteiger charge is 2.22. The molecule has 35 heavy (non-hydrogen) atoms. The Labute approximate surface area is 205 Å². The minimum absolute atomic E-state index is 0.0191. The average Bonchev–Trinajstić information content (AvgIpc) is 2.82. The molecule has 0 saturated heterocycles. The Balaban J connectivity index is 1.93. The summed E-state index contributed by atoms with van der Waals surface area (Å²) in [5, 5.41) is 12.8. The number of hydrogen-bond acceptors (Lipinski definition) is 6. The van der Waals surface area contributed by atoms with E-state index < -0.39 is 17.8 Å². The second-order valence-electron chi connectivity index (χ2n) is 8.16. The van der Waals surface area contributed by atoms with E-state index in [4.69, 9.17) is 21.8 Å². The minimum Gasteiger partial charge on any atom is -0.455 e. The van der Waals surface area contributed by atoms with Gasteiger partial charge in [0.05, 0.1) is 28.2 Å². The van der Waals surface area contributed by atoms with Crippen LogP contribution in [-0.4, -0.2) is 10.9 Å². The van der Waals surface area contributed by atoms with Crippen molar-refractivity contribution in [2.24, 2.45) is 5.73 Å². The zero-order valence-corrected chi connectivity index (χ0v) is 19.8. The summed E-state index contributed by atoms with van der Waals surface area (Å²) >= 11 is 5.91. The molecule has 0 bridgehead atoms. The van der Waals surface area contributed by atoms with Gasteiger partial charge in [-0.15, -0.1) is 0 Å². The first kappa shape index (κ1) is 23.9. The molecule has 4 aromatic rings. The smallest absolute Gasteiger partial charge is 0.269 e. The molecule has 1 atom stereocenters. The number of carbonyl (C=O) groups is 1. The Hall–Kier alpha value is -4.22. The van der Waals surface area contributed by atoms with Crippen LogP contribution in [-0.2, 0) is 0 Å². The van der Waals surface area contributed by atoms with Crippen LogP contribution in [0.1, 0.15) is 45.7 Å². The molecule has 2 heterocycles. The average molecular weight is 491 g/mol. The van der Waals surface area contributed by atoms with Crippen molar-refractivity contribution >= 4 is 34.2 Å². The molecular formula is C26H20ClFN4O3. The molecule has 4 rings (SSSR count). The summed E-state index contributed by atoms with van der Waals surface area (Å²) in [4.78, 5) is 29.2. The van der Waals surface area contributed by atoms with Gasteiger partial charge in [0.1, 0.15) is 22.6 Å². The number of benzene rings is 2. The van der Waals surface area contributed by atoms with E-state index in [0.29, 0.717) is 16.6 Å². The molecule has 0 radical (unpaired) electrons. The largest absolute Gasteiger partial charge is 0.455 e. The minimum atomic E-state index is -0.765. The van der Waals surface area contributed by atoms with Gasteiger partial charge in [-0.2, -0.15) is 5.26 Å². The number of anilines is 1. The molecule has 176 valence electrons. The van der Waals surface area contributed by atoms with Crippen LogP contribution >= 0.6 is 11.6 Å². The van der Waals surface area contributed by atoms with Crippen LogP contribution in [0.25, 0.3) is 22.3 Å². The van der Waals surface area contributed by atoms with Gasteiger partial charge >= 0.3 is 0 Å². The van der Waals surface area contributed by atoms with E-state index in [1.165, 1.54) is 24.3 Å². The summed E-state index contributed by atoms with van der Waals surface area (Å²) in [6.45, 7) is 5.21. The molecule has 1 amide bonds. The van der Waals surface area contributed by atoms with Crippen LogP contribution in [0.15, 0.2) is 51.7 Å². The first-order chi connectivity index (χ1) is 16.6. The number of aryl methyl sites for hydroxylation is 1. The van der Waals surface area contributed by atoms with Crippen LogP contribution in [0.3, 0.4) is 0 Å². The SMILES string of the molecule is Cc1cc([C@@H](C)Nc2ccc(Cl)nc2C(N)=O)c2oc(-c3cccc(C#N)c3F)c(C)c(=O)c2c1. The molecule has 9 heteroatoms. The number of nitrogens with two attached hydrogens (primary N) is 1. The zero-order valence-electron chi connectivity index (χ0n) is 19.1. The highest BCUT2D eigenvalue weighted by atomic mass is 35.5. The summed E-state index contributed by atoms with van der Waals surface area (Å²) < 4.78 is 21.1. The molecule has 2 aromatic carbocycles. The third kappa shape index (κ3) is 4.34. The van der Waals surface area contributed by atoms with Crippen molar-refractivity contribution in [1.29, 1.82) is 5.26 Å². The lowest BCUT2D eigenvalue weighted by Gasteiger charge is -2.20. The number of nitriles is 1. The van der Waals surface area contributed by atoms with Gasteiger partial charge in [-0.05, 0) is 56.7 Å². The lowest BCUT2D eigenvalue weighted by atomic mass is 9.98. The van der Waals surface area contributed by atoms with Crippen molar-refractivity contribution in [2.75, 3.05) is 5.32 Å². The molecule has 0 fully saturated rings. The zero-order chi connectivity index (χ0) is 25.4. The van der Waals surface area contributed by atoms with Gasteiger partial charge in [0.25, 0.3) is 5.91 Å². The summed E-state index contributed by atoms with van der Waals surface area (Å²) in [5.41, 5.74) is 7.21. The van der Waals surface area contributed by atoms with Gasteiger partial charge in [-0.1, -0.05) is 23.7 Å². The quantitative estimate of drug-likeness (QED) is 0.361. The Kier molecular flexibility index (Phi) is 6.29. The number of halogens is 2. The standard InChI is InChI=1S/C26H20ClFN4O3/c1-12-9-17(14(3)31-19-7-8-20(27)32-22(19)26(30)34)25-18(10-12)23(33)13(2)24(35-25)16-6-4-5-15(11-29)21(16)28/h4-10,14,31H,1-3H3,(H2,30,34)/t14-/m1/s1. The predicted molar refractivity (Wildman–Crippen MR) is 132 cm³/mol. The summed E-state index contributed by atoms with van der Waals surface area (Å²) in [6, 6.07) is 12.3. The first-order valence-corrected chi connectivity index (χ1v) is 11.0. The van der Waals surface area contributed by atoms with Crippen molar-refractivity contribution < 1.29 is 13.6 Å². The van der Waals surface area contributed by atoms with Crippen molar-refractivity contribution in [1.82, 2.24) is 4.98 Å². The topological polar surface area (TPSA) is 122 Å². The number of nitrogens with zero attached hydrogens (tertiary/aromatic N) is 2. The summed E-state index contributed by atoms with van der Waals surface area (Å²) in [6.07, 6.45) is 0. The van der Waals surface area contributed by atoms with Gasteiger partial charge in [0.2, 0.25) is 0 Å². The van der Waals surface area contributed by atoms with Gasteiger partial charge in [0.15, 0.2) is 16.9 Å². The van der Waals surface area contributed by atoms with E-state index in [1.807, 2.05) is 19.9 Å². The highest BCUT2D eigenvalue weighted by Crippen LogP contribution is 2.34. The van der Waals surface area contributed by atoms with Crippen molar-refractivity contribution in [3.05, 3.63) is 91.6 Å². The summed E-state index contributed by atoms with van der Waals surface area (Å²) in [7, 11) is 0. The maximum absolute atomic E-state index is 15.0. The maximum Gasteiger partial charge on any atom is 0.269 e. The van der Waals surface area contributed by atoms with Crippen LogP contribution < -0.4 is 16.5 Å². The van der Waals surface area contributed by atoms with E-state index in [-0.39, 0.29) is 44.3 Å². The number of nitrogens with one attached hydrogen (secondary N) is 1. The van der Waals surface area contributed by atoms with E-state index >= 15 is 0 Å². The van der Waals surface area contributed by atoms with Crippen LogP contribution in [0.4, 0.5) is 10.1 Å². The Morgan fingerprint density at radius 2 is 2.00 bits per heavy atom. The molecule has 0 aliphatic heterocycles. The van der Waals surface area contributed by atoms with E-state index in [9.17, 15) is 19.2 Å². The number of aromatic nitrogens is 1. The third-order valence-electron chi connectivity index (χ3n) is 5.69. The number of amides is 1. The molecule has 0 aliphatic rings. The van der Waals surface area contributed by atoms with Crippen molar-refractivity contribution in [3.63, 3.8) is 0 Å². The van der Waals surface area contributed by atoms with Gasteiger partial charge in [0, 0.05) is 11.1 Å². The predicted octanol–water partition coefficient (Wildman–Crippen LogP) is 5.41. The number of rotatable bonds is 5. The maximum atomic E-state index is 15.0. The Morgan fingerprint density at radius 1 is 1.26 bits per heavy atom. The fourth-order valence-electron chi connectivity index (χ4n) is 3.99. The molecule has 0 unspecified atom stereocenters. The molecule has 7 nitrogen and oxygen atoms in total. The lowest BCUT2D eigenvalue weighted by molar-refractivity contribution is 0.0996. The van der Waals surface area contributed by atoms with Gasteiger partial charge in [-0.3, -0.25) is 9.59 Å². The number of carbonyl (C=O) groups excluding carboxylic acids is 1. The molecule has 0 aliphatic carbocycles. The Morgan fingerprint density at radius 3 is 2.69 bits per heavy atom. The lowest BCUT2D eigenvalue weighted by Crippen LogP contribution is -2.18.